The summed E-state index contributed by atoms with van der Waals surface area (Å²) in [4.78, 5) is 4.15. The maximum Gasteiger partial charge on any atom is 0.212 e. The third kappa shape index (κ3) is 4.20. The topological polar surface area (TPSA) is 51.6 Å². The number of hydrogen-bond donors (Lipinski definition) is 1. The van der Waals surface area contributed by atoms with Crippen LogP contribution in [0.25, 0.3) is 0 Å². The Balaban J connectivity index is 2.13. The average molecular weight is 287 g/mol. The molecule has 21 heavy (non-hydrogen) atoms. The maximum atomic E-state index is 10.5. The number of aromatic nitrogens is 1. The first-order valence-electron chi connectivity index (χ1n) is 7.02. The summed E-state index contributed by atoms with van der Waals surface area (Å²) in [5.41, 5.74) is 1.74. The number of para-hydroxylation sites is 1. The van der Waals surface area contributed by atoms with Crippen LogP contribution in [0, 0.1) is 0 Å². The lowest BCUT2D eigenvalue weighted by molar-refractivity contribution is 0.166. The molecule has 4 heteroatoms. The summed E-state index contributed by atoms with van der Waals surface area (Å²) in [6.45, 7) is 3.94. The Bertz CT molecular complexity index is 567. The number of ether oxygens (including phenoxy) is 2. The van der Waals surface area contributed by atoms with Gasteiger partial charge in [-0.15, -0.1) is 0 Å². The van der Waals surface area contributed by atoms with Crippen molar-refractivity contribution in [2.24, 2.45) is 0 Å². The van der Waals surface area contributed by atoms with E-state index in [0.717, 1.165) is 16.9 Å². The number of rotatable bonds is 6. The van der Waals surface area contributed by atoms with Crippen LogP contribution in [-0.2, 0) is 6.42 Å². The predicted molar refractivity (Wildman–Crippen MR) is 81.7 cm³/mol. The molecule has 2 rings (SSSR count). The van der Waals surface area contributed by atoms with Gasteiger partial charge in [0.05, 0.1) is 19.3 Å². The fourth-order valence-electron chi connectivity index (χ4n) is 2.10. The van der Waals surface area contributed by atoms with Gasteiger partial charge in [0.1, 0.15) is 5.75 Å². The quantitative estimate of drug-likeness (QED) is 0.886. The van der Waals surface area contributed by atoms with Crippen molar-refractivity contribution in [2.75, 3.05) is 7.11 Å². The van der Waals surface area contributed by atoms with Crippen LogP contribution in [0.3, 0.4) is 0 Å². The molecule has 0 radical (unpaired) electrons. The largest absolute Gasteiger partial charge is 0.491 e. The summed E-state index contributed by atoms with van der Waals surface area (Å²) < 4.78 is 10.8. The van der Waals surface area contributed by atoms with E-state index in [9.17, 15) is 5.11 Å². The van der Waals surface area contributed by atoms with Crippen molar-refractivity contribution < 1.29 is 14.6 Å². The molecule has 0 bridgehead atoms. The van der Waals surface area contributed by atoms with E-state index < -0.39 is 6.10 Å². The van der Waals surface area contributed by atoms with E-state index >= 15 is 0 Å². The molecule has 0 aliphatic carbocycles. The highest BCUT2D eigenvalue weighted by atomic mass is 16.5. The van der Waals surface area contributed by atoms with E-state index in [-0.39, 0.29) is 6.10 Å². The van der Waals surface area contributed by atoms with Gasteiger partial charge in [0.25, 0.3) is 0 Å². The molecular formula is C17H21NO3. The zero-order valence-electron chi connectivity index (χ0n) is 12.6. The molecule has 2 aromatic rings. The van der Waals surface area contributed by atoms with Gasteiger partial charge in [-0.2, -0.15) is 0 Å². The minimum Gasteiger partial charge on any atom is -0.491 e. The van der Waals surface area contributed by atoms with Gasteiger partial charge in [0.2, 0.25) is 5.88 Å². The molecule has 0 spiro atoms. The molecule has 0 saturated carbocycles. The predicted octanol–water partition coefficient (Wildman–Crippen LogP) is 3.15. The smallest absolute Gasteiger partial charge is 0.212 e. The summed E-state index contributed by atoms with van der Waals surface area (Å²) in [7, 11) is 1.58. The molecular weight excluding hydrogens is 266 g/mol. The number of benzene rings is 1. The van der Waals surface area contributed by atoms with Crippen molar-refractivity contribution in [2.45, 2.75) is 32.5 Å². The fourth-order valence-corrected chi connectivity index (χ4v) is 2.10. The highest BCUT2D eigenvalue weighted by Gasteiger charge is 2.15. The van der Waals surface area contributed by atoms with E-state index in [4.69, 9.17) is 9.47 Å². The molecule has 0 saturated heterocycles. The number of aliphatic hydroxyl groups is 1. The Morgan fingerprint density at radius 2 is 1.90 bits per heavy atom. The molecule has 0 aliphatic heterocycles. The number of nitrogens with zero attached hydrogens (tertiary/aromatic N) is 1. The highest BCUT2D eigenvalue weighted by molar-refractivity contribution is 5.36. The Morgan fingerprint density at radius 3 is 2.52 bits per heavy atom. The minimum atomic E-state index is -0.629. The van der Waals surface area contributed by atoms with Crippen LogP contribution in [0.2, 0.25) is 0 Å². The van der Waals surface area contributed by atoms with Gasteiger partial charge >= 0.3 is 0 Å². The van der Waals surface area contributed by atoms with Gasteiger partial charge in [0, 0.05) is 24.2 Å². The summed E-state index contributed by atoms with van der Waals surface area (Å²) in [5.74, 6) is 1.29. The van der Waals surface area contributed by atoms with E-state index in [1.54, 1.807) is 19.4 Å². The fraction of sp³-hybridized carbons (Fsp3) is 0.353. The van der Waals surface area contributed by atoms with E-state index in [0.29, 0.717) is 12.3 Å². The molecule has 0 amide bonds. The molecule has 0 aliphatic rings. The van der Waals surface area contributed by atoms with Crippen LogP contribution in [0.5, 0.6) is 11.6 Å². The van der Waals surface area contributed by atoms with Crippen LogP contribution < -0.4 is 9.47 Å². The average Bonchev–Trinajstić information content (AvgIpc) is 2.48. The van der Waals surface area contributed by atoms with Gasteiger partial charge in [-0.05, 0) is 25.5 Å². The molecule has 0 fully saturated rings. The van der Waals surface area contributed by atoms with E-state index in [1.807, 2.05) is 44.2 Å². The maximum absolute atomic E-state index is 10.5. The molecule has 1 atom stereocenters. The second-order valence-electron chi connectivity index (χ2n) is 5.13. The molecule has 4 nitrogen and oxygen atoms in total. The Hall–Kier alpha value is -2.07. The van der Waals surface area contributed by atoms with Crippen molar-refractivity contribution in [3.05, 3.63) is 53.7 Å². The third-order valence-electron chi connectivity index (χ3n) is 3.08. The van der Waals surface area contributed by atoms with Gasteiger partial charge in [-0.3, -0.25) is 0 Å². The first-order valence-corrected chi connectivity index (χ1v) is 7.02. The number of aliphatic hydroxyl groups excluding tert-OH is 1. The summed E-state index contributed by atoms with van der Waals surface area (Å²) in [6.07, 6.45) is 1.64. The van der Waals surface area contributed by atoms with Gasteiger partial charge in [-0.25, -0.2) is 4.98 Å². The normalized spacial score (nSPS) is 12.2. The molecule has 1 N–H and O–H groups in total. The minimum absolute atomic E-state index is 0.0704. The lowest BCUT2D eigenvalue weighted by Crippen LogP contribution is -2.10. The van der Waals surface area contributed by atoms with Crippen LogP contribution in [0.15, 0.2) is 42.6 Å². The number of methoxy groups -OCH3 is 1. The van der Waals surface area contributed by atoms with Crippen LogP contribution in [0.4, 0.5) is 0 Å². The van der Waals surface area contributed by atoms with Crippen LogP contribution >= 0.6 is 0 Å². The van der Waals surface area contributed by atoms with Gasteiger partial charge in [-0.1, -0.05) is 24.3 Å². The second-order valence-corrected chi connectivity index (χ2v) is 5.13. The van der Waals surface area contributed by atoms with E-state index in [2.05, 4.69) is 4.98 Å². The van der Waals surface area contributed by atoms with Crippen molar-refractivity contribution in [1.29, 1.82) is 0 Å². The van der Waals surface area contributed by atoms with Crippen molar-refractivity contribution in [1.82, 2.24) is 4.98 Å². The number of pyridine rings is 1. The summed E-state index contributed by atoms with van der Waals surface area (Å²) in [5, 5.41) is 10.5. The first kappa shape index (κ1) is 15.3. The third-order valence-corrected chi connectivity index (χ3v) is 3.08. The molecule has 1 aromatic heterocycles. The molecule has 1 aromatic carbocycles. The summed E-state index contributed by atoms with van der Waals surface area (Å²) in [6, 6.07) is 11.3. The van der Waals surface area contributed by atoms with Crippen molar-refractivity contribution in [3.63, 3.8) is 0 Å². The zero-order chi connectivity index (χ0) is 15.2. The lowest BCUT2D eigenvalue weighted by Gasteiger charge is -2.18. The van der Waals surface area contributed by atoms with Crippen molar-refractivity contribution in [3.8, 4) is 11.6 Å². The van der Waals surface area contributed by atoms with Crippen LogP contribution in [-0.4, -0.2) is 23.3 Å². The highest BCUT2D eigenvalue weighted by Crippen LogP contribution is 2.28. The Labute approximate surface area is 125 Å². The van der Waals surface area contributed by atoms with Crippen LogP contribution in [0.1, 0.15) is 31.1 Å². The molecule has 1 unspecified atom stereocenters. The first-order chi connectivity index (χ1) is 10.1. The standard InChI is InChI=1S/C17H21NO3/c1-12(2)21-16-7-5-4-6-14(16)15(19)10-13-8-9-17(20-3)18-11-13/h4-9,11-12,15,19H,10H2,1-3H3. The van der Waals surface area contributed by atoms with Crippen molar-refractivity contribution >= 4 is 0 Å². The number of hydrogen-bond acceptors (Lipinski definition) is 4. The van der Waals surface area contributed by atoms with E-state index in [1.165, 1.54) is 0 Å². The molecule has 112 valence electrons. The second kappa shape index (κ2) is 7.09. The molecule has 1 heterocycles. The summed E-state index contributed by atoms with van der Waals surface area (Å²) >= 11 is 0. The van der Waals surface area contributed by atoms with Gasteiger partial charge < -0.3 is 14.6 Å². The zero-order valence-corrected chi connectivity index (χ0v) is 12.6. The SMILES string of the molecule is COc1ccc(CC(O)c2ccccc2OC(C)C)cn1. The lowest BCUT2D eigenvalue weighted by atomic mass is 10.0. The van der Waals surface area contributed by atoms with Gasteiger partial charge in [0.15, 0.2) is 0 Å². The Kier molecular flexibility index (Phi) is 5.17. The Morgan fingerprint density at radius 1 is 1.14 bits per heavy atom. The monoisotopic (exact) mass is 287 g/mol.